The van der Waals surface area contributed by atoms with Crippen molar-refractivity contribution in [2.45, 2.75) is 13.0 Å². The third-order valence-corrected chi connectivity index (χ3v) is 3.11. The van der Waals surface area contributed by atoms with E-state index in [1.165, 1.54) is 0 Å². The van der Waals surface area contributed by atoms with Crippen molar-refractivity contribution in [3.05, 3.63) is 59.9 Å². The van der Waals surface area contributed by atoms with Crippen LogP contribution in [0.25, 0.3) is 11.0 Å². The summed E-state index contributed by atoms with van der Waals surface area (Å²) in [6, 6.07) is 11.9. The Balaban J connectivity index is 2.06. The molecular formula is C15H15N3O. The van der Waals surface area contributed by atoms with Gasteiger partial charge in [-0.25, -0.2) is 9.97 Å². The second-order valence-corrected chi connectivity index (χ2v) is 4.44. The molecule has 1 unspecified atom stereocenters. The standard InChI is InChI=1S/C15H15N3O/c1-10-17-8-7-12(18-10)15(16-2)14-9-11-5-3-4-6-13(11)19-14/h3-9,15-16H,1-2H3. The first-order chi connectivity index (χ1) is 9.28. The van der Waals surface area contributed by atoms with Crippen molar-refractivity contribution in [1.29, 1.82) is 0 Å². The highest BCUT2D eigenvalue weighted by Gasteiger charge is 2.18. The summed E-state index contributed by atoms with van der Waals surface area (Å²) >= 11 is 0. The molecule has 96 valence electrons. The van der Waals surface area contributed by atoms with Gasteiger partial charge in [0.05, 0.1) is 5.69 Å². The summed E-state index contributed by atoms with van der Waals surface area (Å²) in [4.78, 5) is 8.58. The van der Waals surface area contributed by atoms with E-state index in [0.29, 0.717) is 0 Å². The van der Waals surface area contributed by atoms with Crippen molar-refractivity contribution in [2.75, 3.05) is 7.05 Å². The first-order valence-corrected chi connectivity index (χ1v) is 6.23. The summed E-state index contributed by atoms with van der Waals surface area (Å²) in [7, 11) is 1.90. The summed E-state index contributed by atoms with van der Waals surface area (Å²) in [5.74, 6) is 1.62. The SMILES string of the molecule is CNC(c1ccnc(C)n1)c1cc2ccccc2o1. The lowest BCUT2D eigenvalue weighted by atomic mass is 10.1. The number of aromatic nitrogens is 2. The van der Waals surface area contributed by atoms with Gasteiger partial charge in [0, 0.05) is 11.6 Å². The molecule has 3 rings (SSSR count). The minimum absolute atomic E-state index is 0.0610. The minimum atomic E-state index is -0.0610. The van der Waals surface area contributed by atoms with Crippen LogP contribution in [0, 0.1) is 6.92 Å². The van der Waals surface area contributed by atoms with Crippen LogP contribution in [0.2, 0.25) is 0 Å². The van der Waals surface area contributed by atoms with Gasteiger partial charge < -0.3 is 9.73 Å². The molecule has 4 nitrogen and oxygen atoms in total. The van der Waals surface area contributed by atoms with Gasteiger partial charge in [0.15, 0.2) is 0 Å². The summed E-state index contributed by atoms with van der Waals surface area (Å²) in [6.45, 7) is 1.88. The molecule has 3 aromatic rings. The third-order valence-electron chi connectivity index (χ3n) is 3.11. The van der Waals surface area contributed by atoms with Crippen LogP contribution in [0.15, 0.2) is 47.0 Å². The Morgan fingerprint density at radius 2 is 2.05 bits per heavy atom. The lowest BCUT2D eigenvalue weighted by molar-refractivity contribution is 0.485. The molecule has 0 aliphatic heterocycles. The quantitative estimate of drug-likeness (QED) is 0.779. The highest BCUT2D eigenvalue weighted by Crippen LogP contribution is 2.26. The van der Waals surface area contributed by atoms with E-state index in [-0.39, 0.29) is 6.04 Å². The van der Waals surface area contributed by atoms with Crippen molar-refractivity contribution in [1.82, 2.24) is 15.3 Å². The van der Waals surface area contributed by atoms with Gasteiger partial charge >= 0.3 is 0 Å². The number of nitrogens with one attached hydrogen (secondary N) is 1. The maximum Gasteiger partial charge on any atom is 0.134 e. The van der Waals surface area contributed by atoms with E-state index in [0.717, 1.165) is 28.2 Å². The second-order valence-electron chi connectivity index (χ2n) is 4.44. The number of hydrogen-bond acceptors (Lipinski definition) is 4. The van der Waals surface area contributed by atoms with Gasteiger partial charge in [-0.1, -0.05) is 18.2 Å². The van der Waals surface area contributed by atoms with E-state index >= 15 is 0 Å². The first-order valence-electron chi connectivity index (χ1n) is 6.23. The van der Waals surface area contributed by atoms with Crippen molar-refractivity contribution >= 4 is 11.0 Å². The Hall–Kier alpha value is -2.20. The van der Waals surface area contributed by atoms with Crippen LogP contribution in [-0.2, 0) is 0 Å². The fraction of sp³-hybridized carbons (Fsp3) is 0.200. The molecule has 2 heterocycles. The Labute approximate surface area is 111 Å². The Bertz CT molecular complexity index is 672. The van der Waals surface area contributed by atoms with Crippen LogP contribution in [0.5, 0.6) is 0 Å². The number of hydrogen-bond donors (Lipinski definition) is 1. The van der Waals surface area contributed by atoms with Crippen molar-refractivity contribution in [3.8, 4) is 0 Å². The molecule has 1 aromatic carbocycles. The van der Waals surface area contributed by atoms with Gasteiger partial charge in [-0.15, -0.1) is 0 Å². The average Bonchev–Trinajstić information content (AvgIpc) is 2.83. The van der Waals surface area contributed by atoms with Gasteiger partial charge in [0.25, 0.3) is 0 Å². The molecule has 0 aliphatic carbocycles. The summed E-state index contributed by atoms with van der Waals surface area (Å²) in [5.41, 5.74) is 1.80. The number of fused-ring (bicyclic) bond motifs is 1. The molecule has 2 aromatic heterocycles. The van der Waals surface area contributed by atoms with E-state index in [2.05, 4.69) is 15.3 Å². The first kappa shape index (κ1) is 11.9. The summed E-state index contributed by atoms with van der Waals surface area (Å²) < 4.78 is 5.89. The van der Waals surface area contributed by atoms with Gasteiger partial charge in [-0.05, 0) is 32.2 Å². The molecular weight excluding hydrogens is 238 g/mol. The van der Waals surface area contributed by atoms with Crippen LogP contribution in [0.1, 0.15) is 23.3 Å². The highest BCUT2D eigenvalue weighted by molar-refractivity contribution is 5.77. The average molecular weight is 253 g/mol. The number of nitrogens with zero attached hydrogens (tertiary/aromatic N) is 2. The van der Waals surface area contributed by atoms with Gasteiger partial charge in [0.1, 0.15) is 23.2 Å². The smallest absolute Gasteiger partial charge is 0.134 e. The van der Waals surface area contributed by atoms with E-state index in [9.17, 15) is 0 Å². The molecule has 0 aliphatic rings. The molecule has 0 amide bonds. The number of rotatable bonds is 3. The van der Waals surface area contributed by atoms with Crippen LogP contribution in [-0.4, -0.2) is 17.0 Å². The zero-order chi connectivity index (χ0) is 13.2. The number of furan rings is 1. The number of para-hydroxylation sites is 1. The lowest BCUT2D eigenvalue weighted by Crippen LogP contribution is -2.18. The maximum atomic E-state index is 5.89. The fourth-order valence-electron chi connectivity index (χ4n) is 2.22. The van der Waals surface area contributed by atoms with E-state index in [1.54, 1.807) is 6.20 Å². The number of aryl methyl sites for hydroxylation is 1. The Kier molecular flexibility index (Phi) is 3.01. The predicted molar refractivity (Wildman–Crippen MR) is 73.9 cm³/mol. The molecule has 0 fully saturated rings. The summed E-state index contributed by atoms with van der Waals surface area (Å²) in [6.07, 6.45) is 1.77. The molecule has 0 saturated carbocycles. The maximum absolute atomic E-state index is 5.89. The van der Waals surface area contributed by atoms with E-state index in [1.807, 2.05) is 50.4 Å². The van der Waals surface area contributed by atoms with Crippen molar-refractivity contribution < 1.29 is 4.42 Å². The van der Waals surface area contributed by atoms with Crippen molar-refractivity contribution in [3.63, 3.8) is 0 Å². The van der Waals surface area contributed by atoms with Gasteiger partial charge in [0.2, 0.25) is 0 Å². The van der Waals surface area contributed by atoms with Gasteiger partial charge in [-0.2, -0.15) is 0 Å². The molecule has 0 spiro atoms. The van der Waals surface area contributed by atoms with Crippen LogP contribution < -0.4 is 5.32 Å². The minimum Gasteiger partial charge on any atom is -0.459 e. The summed E-state index contributed by atoms with van der Waals surface area (Å²) in [5, 5.41) is 4.34. The normalized spacial score (nSPS) is 12.7. The second kappa shape index (κ2) is 4.82. The number of benzene rings is 1. The molecule has 0 bridgehead atoms. The molecule has 1 atom stereocenters. The van der Waals surface area contributed by atoms with E-state index in [4.69, 9.17) is 4.42 Å². The van der Waals surface area contributed by atoms with Crippen LogP contribution in [0.3, 0.4) is 0 Å². The molecule has 4 heteroatoms. The molecule has 1 N–H and O–H groups in total. The van der Waals surface area contributed by atoms with Crippen molar-refractivity contribution in [2.24, 2.45) is 0 Å². The van der Waals surface area contributed by atoms with Crippen LogP contribution in [0.4, 0.5) is 0 Å². The fourth-order valence-corrected chi connectivity index (χ4v) is 2.22. The monoisotopic (exact) mass is 253 g/mol. The van der Waals surface area contributed by atoms with Crippen LogP contribution >= 0.6 is 0 Å². The molecule has 0 saturated heterocycles. The largest absolute Gasteiger partial charge is 0.459 e. The highest BCUT2D eigenvalue weighted by atomic mass is 16.3. The van der Waals surface area contributed by atoms with Gasteiger partial charge in [-0.3, -0.25) is 0 Å². The molecule has 19 heavy (non-hydrogen) atoms. The zero-order valence-corrected chi connectivity index (χ0v) is 10.9. The predicted octanol–water partition coefficient (Wildman–Crippen LogP) is 2.84. The zero-order valence-electron chi connectivity index (χ0n) is 10.9. The molecule has 0 radical (unpaired) electrons. The topological polar surface area (TPSA) is 51.0 Å². The van der Waals surface area contributed by atoms with E-state index < -0.39 is 0 Å². The Morgan fingerprint density at radius 3 is 2.79 bits per heavy atom. The Morgan fingerprint density at radius 1 is 1.21 bits per heavy atom. The third kappa shape index (κ3) is 2.22. The lowest BCUT2D eigenvalue weighted by Gasteiger charge is -2.12.